The van der Waals surface area contributed by atoms with Crippen LogP contribution in [0, 0.1) is 0 Å². The number of unbranched alkanes of at least 4 members (excludes halogenated alkanes) is 1. The molecule has 2 heteroatoms. The Morgan fingerprint density at radius 2 is 2.27 bits per heavy atom. The van der Waals surface area contributed by atoms with Gasteiger partial charge in [0.2, 0.25) is 0 Å². The Hall–Kier alpha value is -1.08. The molecule has 0 unspecified atom stereocenters. The molecule has 1 aromatic rings. The van der Waals surface area contributed by atoms with E-state index in [1.807, 2.05) is 6.07 Å². The van der Waals surface area contributed by atoms with Crippen molar-refractivity contribution in [3.05, 3.63) is 40.9 Å². The van der Waals surface area contributed by atoms with Gasteiger partial charge >= 0.3 is 0 Å². The highest BCUT2D eigenvalue weighted by Gasteiger charge is 2.03. The zero-order valence-corrected chi connectivity index (χ0v) is 9.68. The van der Waals surface area contributed by atoms with Crippen LogP contribution in [-0.4, -0.2) is 6.29 Å². The molecule has 0 aliphatic rings. The predicted molar refractivity (Wildman–Crippen MR) is 65.4 cm³/mol. The Morgan fingerprint density at radius 3 is 2.87 bits per heavy atom. The van der Waals surface area contributed by atoms with Crippen molar-refractivity contribution in [1.29, 1.82) is 0 Å². The topological polar surface area (TPSA) is 17.1 Å². The summed E-state index contributed by atoms with van der Waals surface area (Å²) in [6, 6.07) is 5.46. The van der Waals surface area contributed by atoms with Crippen LogP contribution in [0.5, 0.6) is 0 Å². The van der Waals surface area contributed by atoms with Gasteiger partial charge in [-0.25, -0.2) is 0 Å². The Kier molecular flexibility index (Phi) is 4.57. The van der Waals surface area contributed by atoms with Crippen molar-refractivity contribution < 1.29 is 4.79 Å². The van der Waals surface area contributed by atoms with E-state index in [4.69, 9.17) is 11.6 Å². The van der Waals surface area contributed by atoms with Gasteiger partial charge in [-0.15, -0.1) is 0 Å². The molecule has 0 saturated heterocycles. The minimum Gasteiger partial charge on any atom is -0.298 e. The summed E-state index contributed by atoms with van der Waals surface area (Å²) in [7, 11) is 0. The molecule has 1 rings (SSSR count). The van der Waals surface area contributed by atoms with Crippen molar-refractivity contribution in [2.45, 2.75) is 26.2 Å². The number of halogens is 1. The Morgan fingerprint density at radius 1 is 1.53 bits per heavy atom. The fraction of sp³-hybridized carbons (Fsp3) is 0.308. The third-order valence-electron chi connectivity index (χ3n) is 2.36. The van der Waals surface area contributed by atoms with Crippen molar-refractivity contribution in [2.24, 2.45) is 0 Å². The molecule has 1 nitrogen and oxygen atoms in total. The van der Waals surface area contributed by atoms with Crippen molar-refractivity contribution in [1.82, 2.24) is 0 Å². The van der Waals surface area contributed by atoms with Crippen LogP contribution in [0.1, 0.15) is 42.1 Å². The zero-order chi connectivity index (χ0) is 11.3. The molecule has 0 bridgehead atoms. The third-order valence-corrected chi connectivity index (χ3v) is 2.71. The average molecular weight is 223 g/mol. The lowest BCUT2D eigenvalue weighted by molar-refractivity contribution is 0.112. The molecule has 0 aromatic heterocycles. The Labute approximate surface area is 95.8 Å². The van der Waals surface area contributed by atoms with Crippen LogP contribution in [0.4, 0.5) is 0 Å². The smallest absolute Gasteiger partial charge is 0.151 e. The maximum atomic E-state index is 10.7. The number of rotatable bonds is 5. The largest absolute Gasteiger partial charge is 0.298 e. The highest BCUT2D eigenvalue weighted by molar-refractivity contribution is 6.33. The number of carbonyl (C=O) groups is 1. The van der Waals surface area contributed by atoms with Crippen molar-refractivity contribution in [3.63, 3.8) is 0 Å². The van der Waals surface area contributed by atoms with Crippen molar-refractivity contribution in [3.8, 4) is 0 Å². The van der Waals surface area contributed by atoms with Crippen molar-refractivity contribution in [2.75, 3.05) is 0 Å². The van der Waals surface area contributed by atoms with Gasteiger partial charge in [0.1, 0.15) is 0 Å². The quantitative estimate of drug-likeness (QED) is 0.677. The summed E-state index contributed by atoms with van der Waals surface area (Å²) in [5.74, 6) is 0. The van der Waals surface area contributed by atoms with Crippen LogP contribution in [-0.2, 0) is 0 Å². The Bertz CT molecular complexity index is 369. The van der Waals surface area contributed by atoms with Gasteiger partial charge < -0.3 is 0 Å². The second-order valence-electron chi connectivity index (χ2n) is 3.56. The first kappa shape index (κ1) is 12.0. The molecule has 0 atom stereocenters. The maximum Gasteiger partial charge on any atom is 0.151 e. The summed E-state index contributed by atoms with van der Waals surface area (Å²) < 4.78 is 0. The summed E-state index contributed by atoms with van der Waals surface area (Å²) >= 11 is 5.84. The highest BCUT2D eigenvalue weighted by Crippen LogP contribution is 2.23. The number of allylic oxidation sites excluding steroid dienone is 1. The molecule has 80 valence electrons. The molecule has 0 fully saturated rings. The van der Waals surface area contributed by atoms with Gasteiger partial charge in [0, 0.05) is 5.56 Å². The van der Waals surface area contributed by atoms with Gasteiger partial charge in [0.25, 0.3) is 0 Å². The van der Waals surface area contributed by atoms with Gasteiger partial charge in [-0.1, -0.05) is 37.6 Å². The van der Waals surface area contributed by atoms with E-state index in [0.29, 0.717) is 10.6 Å². The monoisotopic (exact) mass is 222 g/mol. The van der Waals surface area contributed by atoms with E-state index in [-0.39, 0.29) is 0 Å². The summed E-state index contributed by atoms with van der Waals surface area (Å²) in [6.07, 6.45) is 4.01. The van der Waals surface area contributed by atoms with Crippen LogP contribution in [0.15, 0.2) is 24.8 Å². The zero-order valence-electron chi connectivity index (χ0n) is 8.92. The maximum absolute atomic E-state index is 10.7. The number of benzene rings is 1. The molecule has 0 aliphatic heterocycles. The number of hydrogen-bond donors (Lipinski definition) is 0. The molecule has 0 amide bonds. The molecule has 0 radical (unpaired) electrons. The minimum absolute atomic E-state index is 0.497. The molecular weight excluding hydrogens is 208 g/mol. The molecular formula is C13H15ClO. The Balaban J connectivity index is 2.86. The van der Waals surface area contributed by atoms with E-state index in [2.05, 4.69) is 13.5 Å². The summed E-state index contributed by atoms with van der Waals surface area (Å²) in [6.45, 7) is 6.15. The number of aldehydes is 1. The van der Waals surface area contributed by atoms with Gasteiger partial charge in [0.15, 0.2) is 6.29 Å². The molecule has 1 aromatic carbocycles. The molecule has 0 saturated carbocycles. The van der Waals surface area contributed by atoms with Gasteiger partial charge in [-0.2, -0.15) is 0 Å². The molecule has 0 aliphatic carbocycles. The molecule has 15 heavy (non-hydrogen) atoms. The van der Waals surface area contributed by atoms with Crippen molar-refractivity contribution >= 4 is 23.5 Å². The van der Waals surface area contributed by atoms with Crippen LogP contribution in [0.25, 0.3) is 5.57 Å². The summed E-state index contributed by atoms with van der Waals surface area (Å²) in [5, 5.41) is 0.497. The van der Waals surface area contributed by atoms with Crippen LogP contribution < -0.4 is 0 Å². The van der Waals surface area contributed by atoms with Crippen LogP contribution in [0.2, 0.25) is 5.02 Å². The second kappa shape index (κ2) is 5.72. The number of carbonyl (C=O) groups excluding carboxylic acids is 1. The fourth-order valence-corrected chi connectivity index (χ4v) is 1.55. The fourth-order valence-electron chi connectivity index (χ4n) is 1.39. The minimum atomic E-state index is 0.497. The first-order valence-electron chi connectivity index (χ1n) is 5.12. The lowest BCUT2D eigenvalue weighted by Crippen LogP contribution is -1.88. The molecule has 0 heterocycles. The van der Waals surface area contributed by atoms with E-state index >= 15 is 0 Å². The van der Waals surface area contributed by atoms with E-state index < -0.39 is 0 Å². The van der Waals surface area contributed by atoms with Crippen LogP contribution in [0.3, 0.4) is 0 Å². The third kappa shape index (κ3) is 3.21. The normalized spacial score (nSPS) is 10.0. The first-order chi connectivity index (χ1) is 7.19. The lowest BCUT2D eigenvalue weighted by Gasteiger charge is -2.06. The van der Waals surface area contributed by atoms with Crippen LogP contribution >= 0.6 is 11.6 Å². The van der Waals surface area contributed by atoms with E-state index in [0.717, 1.165) is 36.7 Å². The summed E-state index contributed by atoms with van der Waals surface area (Å²) in [4.78, 5) is 10.7. The van der Waals surface area contributed by atoms with Gasteiger partial charge in [-0.05, 0) is 36.1 Å². The van der Waals surface area contributed by atoms with Gasteiger partial charge in [-0.3, -0.25) is 4.79 Å². The van der Waals surface area contributed by atoms with Gasteiger partial charge in [0.05, 0.1) is 5.02 Å². The molecule has 0 spiro atoms. The number of hydrogen-bond acceptors (Lipinski definition) is 1. The standard InChI is InChI=1S/C13H15ClO/c1-3-4-5-10(2)11-6-7-13(14)12(8-11)9-15/h6-9H,2-5H2,1H3. The SMILES string of the molecule is C=C(CCCC)c1ccc(Cl)c(C=O)c1. The first-order valence-corrected chi connectivity index (χ1v) is 5.49. The highest BCUT2D eigenvalue weighted by atomic mass is 35.5. The lowest BCUT2D eigenvalue weighted by atomic mass is 10.0. The van der Waals surface area contributed by atoms with E-state index in [1.165, 1.54) is 0 Å². The predicted octanol–water partition coefficient (Wildman–Crippen LogP) is 4.36. The average Bonchev–Trinajstić information content (AvgIpc) is 2.26. The van der Waals surface area contributed by atoms with E-state index in [1.54, 1.807) is 12.1 Å². The van der Waals surface area contributed by atoms with E-state index in [9.17, 15) is 4.79 Å². The second-order valence-corrected chi connectivity index (χ2v) is 3.97. The molecule has 0 N–H and O–H groups in total. The summed E-state index contributed by atoms with van der Waals surface area (Å²) in [5.41, 5.74) is 2.61.